The highest BCUT2D eigenvalue weighted by molar-refractivity contribution is 5.70. The number of nitrogens with zero attached hydrogens (tertiary/aromatic N) is 1. The van der Waals surface area contributed by atoms with Crippen LogP contribution in [0.3, 0.4) is 0 Å². The minimum atomic E-state index is 0.577. The number of benzene rings is 1. The Morgan fingerprint density at radius 1 is 1.29 bits per heavy atom. The smallest absolute Gasteiger partial charge is 0.0599 e. The molecule has 0 aromatic heterocycles. The molecular weight excluding hydrogens is 172 g/mol. The molecule has 1 saturated carbocycles. The van der Waals surface area contributed by atoms with E-state index >= 15 is 0 Å². The van der Waals surface area contributed by atoms with E-state index in [9.17, 15) is 0 Å². The monoisotopic (exact) mass is 188 g/mol. The summed E-state index contributed by atoms with van der Waals surface area (Å²) in [7, 11) is 2.20. The van der Waals surface area contributed by atoms with Gasteiger partial charge in [-0.2, -0.15) is 0 Å². The van der Waals surface area contributed by atoms with Crippen LogP contribution in [0.5, 0.6) is 0 Å². The molecule has 0 radical (unpaired) electrons. The summed E-state index contributed by atoms with van der Waals surface area (Å²) in [6.07, 6.45) is 2.77. The Hall–Kier alpha value is -1.18. The van der Waals surface area contributed by atoms with E-state index in [-0.39, 0.29) is 0 Å². The summed E-state index contributed by atoms with van der Waals surface area (Å²) in [6, 6.07) is 8.59. The van der Waals surface area contributed by atoms with Crippen LogP contribution in [0.15, 0.2) is 24.3 Å². The molecule has 1 fully saturated rings. The van der Waals surface area contributed by atoms with Crippen molar-refractivity contribution in [3.05, 3.63) is 24.3 Å². The molecule has 74 valence electrons. The maximum atomic E-state index is 3.57. The van der Waals surface area contributed by atoms with Crippen LogP contribution in [0, 0.1) is 5.41 Å². The maximum Gasteiger partial charge on any atom is 0.0599 e. The highest BCUT2D eigenvalue weighted by Crippen LogP contribution is 2.48. The third-order valence-electron chi connectivity index (χ3n) is 3.50. The summed E-state index contributed by atoms with van der Waals surface area (Å²) in [5.41, 5.74) is 3.21. The van der Waals surface area contributed by atoms with Crippen LogP contribution in [0.2, 0.25) is 0 Å². The Labute approximate surface area is 84.9 Å². The van der Waals surface area contributed by atoms with Crippen molar-refractivity contribution in [1.82, 2.24) is 0 Å². The fourth-order valence-electron chi connectivity index (χ4n) is 2.39. The van der Waals surface area contributed by atoms with Crippen LogP contribution in [-0.2, 0) is 0 Å². The fraction of sp³-hybridized carbons (Fsp3) is 0.500. The number of para-hydroxylation sites is 2. The molecule has 1 spiro atoms. The van der Waals surface area contributed by atoms with Gasteiger partial charge in [0.15, 0.2) is 0 Å². The van der Waals surface area contributed by atoms with Gasteiger partial charge >= 0.3 is 0 Å². The van der Waals surface area contributed by atoms with E-state index in [1.54, 1.807) is 0 Å². The Morgan fingerprint density at radius 2 is 2.07 bits per heavy atom. The van der Waals surface area contributed by atoms with Gasteiger partial charge in [-0.25, -0.2) is 0 Å². The molecule has 2 heteroatoms. The summed E-state index contributed by atoms with van der Waals surface area (Å²) < 4.78 is 0. The minimum absolute atomic E-state index is 0.577. The van der Waals surface area contributed by atoms with Crippen molar-refractivity contribution in [3.8, 4) is 0 Å². The first-order valence-electron chi connectivity index (χ1n) is 5.33. The molecule has 1 aromatic rings. The minimum Gasteiger partial charge on any atom is -0.383 e. The van der Waals surface area contributed by atoms with E-state index in [2.05, 4.69) is 41.5 Å². The molecule has 14 heavy (non-hydrogen) atoms. The van der Waals surface area contributed by atoms with Gasteiger partial charge in [0.25, 0.3) is 0 Å². The number of hydrogen-bond donors (Lipinski definition) is 1. The maximum absolute atomic E-state index is 3.57. The van der Waals surface area contributed by atoms with Gasteiger partial charge in [-0.15, -0.1) is 0 Å². The molecule has 3 rings (SSSR count). The van der Waals surface area contributed by atoms with Crippen molar-refractivity contribution < 1.29 is 0 Å². The van der Waals surface area contributed by atoms with Crippen LogP contribution >= 0.6 is 0 Å². The molecule has 0 atom stereocenters. The molecule has 0 amide bonds. The molecule has 0 unspecified atom stereocenters. The standard InChI is InChI=1S/C12H16N2/c1-14-9-12(6-7-12)8-13-10-4-2-3-5-11(10)14/h2-5,13H,6-9H2,1H3. The fourth-order valence-corrected chi connectivity index (χ4v) is 2.39. The average Bonchev–Trinajstić information content (AvgIpc) is 2.97. The van der Waals surface area contributed by atoms with Gasteiger partial charge in [0.05, 0.1) is 11.4 Å². The first-order chi connectivity index (χ1) is 6.79. The molecule has 1 heterocycles. The lowest BCUT2D eigenvalue weighted by atomic mass is 10.1. The first kappa shape index (κ1) is 8.16. The number of rotatable bonds is 0. The molecular formula is C12H16N2. The van der Waals surface area contributed by atoms with E-state index in [0.717, 1.165) is 6.54 Å². The quantitative estimate of drug-likeness (QED) is 0.672. The molecule has 2 aliphatic rings. The summed E-state index contributed by atoms with van der Waals surface area (Å²) in [5, 5.41) is 3.57. The molecule has 1 aliphatic carbocycles. The molecule has 1 aromatic carbocycles. The summed E-state index contributed by atoms with van der Waals surface area (Å²) >= 11 is 0. The Kier molecular flexibility index (Phi) is 1.55. The lowest BCUT2D eigenvalue weighted by Crippen LogP contribution is -2.27. The average molecular weight is 188 g/mol. The van der Waals surface area contributed by atoms with Gasteiger partial charge in [0.2, 0.25) is 0 Å². The van der Waals surface area contributed by atoms with E-state index in [1.165, 1.54) is 30.8 Å². The van der Waals surface area contributed by atoms with Gasteiger partial charge in [-0.05, 0) is 25.0 Å². The van der Waals surface area contributed by atoms with Crippen molar-refractivity contribution in [2.24, 2.45) is 5.41 Å². The summed E-state index contributed by atoms with van der Waals surface area (Å²) in [4.78, 5) is 2.39. The lowest BCUT2D eigenvalue weighted by molar-refractivity contribution is 0.548. The molecule has 2 nitrogen and oxygen atoms in total. The normalized spacial score (nSPS) is 22.5. The summed E-state index contributed by atoms with van der Waals surface area (Å²) in [5.74, 6) is 0. The van der Waals surface area contributed by atoms with Crippen LogP contribution in [0.1, 0.15) is 12.8 Å². The second-order valence-electron chi connectivity index (χ2n) is 4.73. The van der Waals surface area contributed by atoms with Gasteiger partial charge in [-0.1, -0.05) is 12.1 Å². The van der Waals surface area contributed by atoms with Crippen LogP contribution in [-0.4, -0.2) is 20.1 Å². The van der Waals surface area contributed by atoms with Crippen molar-refractivity contribution in [3.63, 3.8) is 0 Å². The van der Waals surface area contributed by atoms with Crippen LogP contribution in [0.25, 0.3) is 0 Å². The van der Waals surface area contributed by atoms with Crippen molar-refractivity contribution >= 4 is 11.4 Å². The van der Waals surface area contributed by atoms with E-state index < -0.39 is 0 Å². The first-order valence-corrected chi connectivity index (χ1v) is 5.33. The zero-order valence-corrected chi connectivity index (χ0v) is 8.59. The molecule has 1 N–H and O–H groups in total. The number of hydrogen-bond acceptors (Lipinski definition) is 2. The zero-order valence-electron chi connectivity index (χ0n) is 8.59. The molecule has 0 bridgehead atoms. The van der Waals surface area contributed by atoms with Crippen LogP contribution < -0.4 is 10.2 Å². The topological polar surface area (TPSA) is 15.3 Å². The SMILES string of the molecule is CN1CC2(CC2)CNc2ccccc21. The largest absolute Gasteiger partial charge is 0.383 e. The number of fused-ring (bicyclic) bond motifs is 1. The van der Waals surface area contributed by atoms with Gasteiger partial charge in [-0.3, -0.25) is 0 Å². The van der Waals surface area contributed by atoms with E-state index in [4.69, 9.17) is 0 Å². The Morgan fingerprint density at radius 3 is 2.86 bits per heavy atom. The van der Waals surface area contributed by atoms with E-state index in [1.807, 2.05) is 0 Å². The number of nitrogens with one attached hydrogen (secondary N) is 1. The third-order valence-corrected chi connectivity index (χ3v) is 3.50. The van der Waals surface area contributed by atoms with E-state index in [0.29, 0.717) is 5.41 Å². The predicted octanol–water partition coefficient (Wildman–Crippen LogP) is 2.33. The van der Waals surface area contributed by atoms with Gasteiger partial charge in [0.1, 0.15) is 0 Å². The second kappa shape index (κ2) is 2.66. The molecule has 1 aliphatic heterocycles. The third kappa shape index (κ3) is 1.17. The van der Waals surface area contributed by atoms with Gasteiger partial charge < -0.3 is 10.2 Å². The lowest BCUT2D eigenvalue weighted by Gasteiger charge is -2.21. The van der Waals surface area contributed by atoms with Gasteiger partial charge in [0, 0.05) is 25.6 Å². The highest BCUT2D eigenvalue weighted by atomic mass is 15.2. The van der Waals surface area contributed by atoms with Crippen molar-refractivity contribution in [1.29, 1.82) is 0 Å². The van der Waals surface area contributed by atoms with Crippen molar-refractivity contribution in [2.75, 3.05) is 30.4 Å². The Bertz CT molecular complexity index is 355. The molecule has 0 saturated heterocycles. The van der Waals surface area contributed by atoms with Crippen LogP contribution in [0.4, 0.5) is 11.4 Å². The predicted molar refractivity (Wildman–Crippen MR) is 59.9 cm³/mol. The second-order valence-corrected chi connectivity index (χ2v) is 4.73. The summed E-state index contributed by atoms with van der Waals surface area (Å²) in [6.45, 7) is 2.35. The Balaban J connectivity index is 1.98. The highest BCUT2D eigenvalue weighted by Gasteiger charge is 2.44. The number of anilines is 2. The van der Waals surface area contributed by atoms with Crippen molar-refractivity contribution in [2.45, 2.75) is 12.8 Å². The zero-order chi connectivity index (χ0) is 9.60.